The highest BCUT2D eigenvalue weighted by molar-refractivity contribution is 7.99. The van der Waals surface area contributed by atoms with Crippen LogP contribution in [-0.4, -0.2) is 36.7 Å². The maximum atomic E-state index is 12.6. The molecule has 0 spiro atoms. The number of nitrogens with zero attached hydrogens (tertiary/aromatic N) is 1. The molecule has 0 unspecified atom stereocenters. The molecule has 166 valence electrons. The van der Waals surface area contributed by atoms with Crippen molar-refractivity contribution in [1.29, 1.82) is 0 Å². The summed E-state index contributed by atoms with van der Waals surface area (Å²) in [4.78, 5) is 28.7. The van der Waals surface area contributed by atoms with Gasteiger partial charge in [0.2, 0.25) is 0 Å². The molecule has 1 aliphatic rings. The van der Waals surface area contributed by atoms with Gasteiger partial charge >= 0.3 is 12.1 Å². The molecule has 0 saturated carbocycles. The monoisotopic (exact) mass is 441 g/mol. The molecule has 0 aliphatic carbocycles. The number of hydrogen-bond donors (Lipinski definition) is 0. The number of esters is 1. The lowest BCUT2D eigenvalue weighted by Crippen LogP contribution is -2.47. The number of benzene rings is 2. The molecule has 0 radical (unpaired) electrons. The Hall–Kier alpha value is -2.47. The SMILES string of the molecule is CCCC(=O)OC1(c2ccccc2Sc2ccc(C)cc2)CCN(C(=O)OCC)CC1. The van der Waals surface area contributed by atoms with Crippen LogP contribution >= 0.6 is 11.8 Å². The van der Waals surface area contributed by atoms with Crippen LogP contribution in [0.5, 0.6) is 0 Å². The van der Waals surface area contributed by atoms with Gasteiger partial charge in [0.05, 0.1) is 6.61 Å². The number of hydrogen-bond acceptors (Lipinski definition) is 5. The highest BCUT2D eigenvalue weighted by atomic mass is 32.2. The van der Waals surface area contributed by atoms with Crippen LogP contribution in [0.2, 0.25) is 0 Å². The lowest BCUT2D eigenvalue weighted by atomic mass is 9.84. The van der Waals surface area contributed by atoms with E-state index in [4.69, 9.17) is 9.47 Å². The topological polar surface area (TPSA) is 55.8 Å². The van der Waals surface area contributed by atoms with Crippen LogP contribution in [0.25, 0.3) is 0 Å². The number of carbonyl (C=O) groups excluding carboxylic acids is 2. The zero-order chi connectivity index (χ0) is 22.3. The van der Waals surface area contributed by atoms with E-state index in [0.717, 1.165) is 21.8 Å². The molecule has 0 aromatic heterocycles. The normalized spacial score (nSPS) is 15.4. The molecule has 0 N–H and O–H groups in total. The third-order valence-electron chi connectivity index (χ3n) is 5.49. The number of amides is 1. The van der Waals surface area contributed by atoms with Gasteiger partial charge in [-0.1, -0.05) is 54.6 Å². The zero-order valence-corrected chi connectivity index (χ0v) is 19.4. The average Bonchev–Trinajstić information content (AvgIpc) is 2.76. The maximum absolute atomic E-state index is 12.6. The molecule has 31 heavy (non-hydrogen) atoms. The van der Waals surface area contributed by atoms with Gasteiger partial charge in [0.15, 0.2) is 0 Å². The Morgan fingerprint density at radius 1 is 1.03 bits per heavy atom. The number of carbonyl (C=O) groups is 2. The van der Waals surface area contributed by atoms with Gasteiger partial charge in [-0.05, 0) is 38.5 Å². The Labute approximate surface area is 189 Å². The molecule has 2 aromatic carbocycles. The van der Waals surface area contributed by atoms with E-state index in [1.807, 2.05) is 19.1 Å². The molecule has 3 rings (SSSR count). The molecule has 1 aliphatic heterocycles. The summed E-state index contributed by atoms with van der Waals surface area (Å²) in [6.07, 6.45) is 1.91. The van der Waals surface area contributed by atoms with Gasteiger partial charge in [0, 0.05) is 47.7 Å². The molecule has 6 heteroatoms. The van der Waals surface area contributed by atoms with Crippen molar-refractivity contribution in [2.75, 3.05) is 19.7 Å². The Morgan fingerprint density at radius 3 is 2.35 bits per heavy atom. The summed E-state index contributed by atoms with van der Waals surface area (Å²) < 4.78 is 11.3. The lowest BCUT2D eigenvalue weighted by molar-refractivity contribution is -0.166. The number of likely N-dealkylation sites (tertiary alicyclic amines) is 1. The first kappa shape index (κ1) is 23.2. The van der Waals surface area contributed by atoms with Crippen LogP contribution < -0.4 is 0 Å². The first-order valence-electron chi connectivity index (χ1n) is 10.9. The molecule has 2 aromatic rings. The Balaban J connectivity index is 1.90. The molecule has 0 bridgehead atoms. The summed E-state index contributed by atoms with van der Waals surface area (Å²) in [5.41, 5.74) is 1.48. The van der Waals surface area contributed by atoms with Crippen molar-refractivity contribution >= 4 is 23.8 Å². The zero-order valence-electron chi connectivity index (χ0n) is 18.6. The highest BCUT2D eigenvalue weighted by Crippen LogP contribution is 2.43. The van der Waals surface area contributed by atoms with Crippen LogP contribution in [0.3, 0.4) is 0 Å². The predicted molar refractivity (Wildman–Crippen MR) is 122 cm³/mol. The number of rotatable bonds is 7. The van der Waals surface area contributed by atoms with Crippen LogP contribution in [0, 0.1) is 6.92 Å². The van der Waals surface area contributed by atoms with Gasteiger partial charge in [-0.2, -0.15) is 0 Å². The lowest BCUT2D eigenvalue weighted by Gasteiger charge is -2.41. The largest absolute Gasteiger partial charge is 0.454 e. The molecular weight excluding hydrogens is 410 g/mol. The van der Waals surface area contributed by atoms with Crippen molar-refractivity contribution in [3.8, 4) is 0 Å². The standard InChI is InChI=1S/C25H31NO4S/c1-4-8-23(27)30-25(15-17-26(18-16-25)24(28)29-5-2)21-9-6-7-10-22(21)31-20-13-11-19(3)12-14-20/h6-7,9-14H,4-5,8,15-18H2,1-3H3. The molecule has 5 nitrogen and oxygen atoms in total. The Bertz CT molecular complexity index is 889. The van der Waals surface area contributed by atoms with E-state index < -0.39 is 5.60 Å². The average molecular weight is 442 g/mol. The van der Waals surface area contributed by atoms with Crippen molar-refractivity contribution in [2.24, 2.45) is 0 Å². The second kappa shape index (κ2) is 10.7. The summed E-state index contributed by atoms with van der Waals surface area (Å²) in [5.74, 6) is -0.192. The van der Waals surface area contributed by atoms with Crippen LogP contribution in [0.4, 0.5) is 4.79 Å². The van der Waals surface area contributed by atoms with Gasteiger partial charge in [0.1, 0.15) is 5.60 Å². The highest BCUT2D eigenvalue weighted by Gasteiger charge is 2.42. The van der Waals surface area contributed by atoms with Gasteiger partial charge in [-0.15, -0.1) is 0 Å². The fourth-order valence-electron chi connectivity index (χ4n) is 3.83. The van der Waals surface area contributed by atoms with Gasteiger partial charge in [0.25, 0.3) is 0 Å². The number of aryl methyl sites for hydroxylation is 1. The fourth-order valence-corrected chi connectivity index (χ4v) is 4.87. The molecule has 1 saturated heterocycles. The molecule has 1 fully saturated rings. The van der Waals surface area contributed by atoms with Gasteiger partial charge in [-0.3, -0.25) is 4.79 Å². The Morgan fingerprint density at radius 2 is 1.71 bits per heavy atom. The predicted octanol–water partition coefficient (Wildman–Crippen LogP) is 5.94. The van der Waals surface area contributed by atoms with Crippen molar-refractivity contribution < 1.29 is 19.1 Å². The van der Waals surface area contributed by atoms with Crippen molar-refractivity contribution in [1.82, 2.24) is 4.90 Å². The van der Waals surface area contributed by atoms with E-state index in [2.05, 4.69) is 43.3 Å². The van der Waals surface area contributed by atoms with Crippen molar-refractivity contribution in [3.63, 3.8) is 0 Å². The van der Waals surface area contributed by atoms with Crippen LogP contribution in [0.15, 0.2) is 58.3 Å². The summed E-state index contributed by atoms with van der Waals surface area (Å²) in [6.45, 7) is 7.17. The number of ether oxygens (including phenoxy) is 2. The summed E-state index contributed by atoms with van der Waals surface area (Å²) in [7, 11) is 0. The maximum Gasteiger partial charge on any atom is 0.409 e. The van der Waals surface area contributed by atoms with Crippen molar-refractivity contribution in [2.45, 2.75) is 61.8 Å². The quantitative estimate of drug-likeness (QED) is 0.498. The van der Waals surface area contributed by atoms with E-state index in [0.29, 0.717) is 39.0 Å². The summed E-state index contributed by atoms with van der Waals surface area (Å²) in [6, 6.07) is 16.5. The third kappa shape index (κ3) is 5.82. The second-order valence-electron chi connectivity index (χ2n) is 7.82. The second-order valence-corrected chi connectivity index (χ2v) is 8.93. The number of piperidine rings is 1. The van der Waals surface area contributed by atoms with E-state index >= 15 is 0 Å². The third-order valence-corrected chi connectivity index (χ3v) is 6.57. The van der Waals surface area contributed by atoms with Crippen LogP contribution in [0.1, 0.15) is 50.7 Å². The molecule has 1 amide bonds. The first-order valence-corrected chi connectivity index (χ1v) is 11.8. The Kier molecular flexibility index (Phi) is 8.02. The minimum absolute atomic E-state index is 0.192. The van der Waals surface area contributed by atoms with Crippen LogP contribution in [-0.2, 0) is 19.9 Å². The van der Waals surface area contributed by atoms with E-state index in [1.54, 1.807) is 23.6 Å². The van der Waals surface area contributed by atoms with E-state index in [1.165, 1.54) is 5.56 Å². The molecular formula is C25H31NO4S. The summed E-state index contributed by atoms with van der Waals surface area (Å²) >= 11 is 1.67. The van der Waals surface area contributed by atoms with Crippen molar-refractivity contribution in [3.05, 3.63) is 59.7 Å². The summed E-state index contributed by atoms with van der Waals surface area (Å²) in [5, 5.41) is 0. The van der Waals surface area contributed by atoms with E-state index in [-0.39, 0.29) is 12.1 Å². The van der Waals surface area contributed by atoms with E-state index in [9.17, 15) is 9.59 Å². The molecule has 1 heterocycles. The minimum atomic E-state index is -0.746. The smallest absolute Gasteiger partial charge is 0.409 e. The minimum Gasteiger partial charge on any atom is -0.454 e. The van der Waals surface area contributed by atoms with Gasteiger partial charge < -0.3 is 14.4 Å². The fraction of sp³-hybridized carbons (Fsp3) is 0.440. The van der Waals surface area contributed by atoms with Gasteiger partial charge in [-0.25, -0.2) is 4.79 Å². The molecule has 0 atom stereocenters. The first-order chi connectivity index (χ1) is 15.0.